The topological polar surface area (TPSA) is 187 Å². The van der Waals surface area contributed by atoms with Crippen LogP contribution >= 0.6 is 0 Å². The zero-order valence-electron chi connectivity index (χ0n) is 25.8. The number of fused-ring (bicyclic) bond motifs is 1. The molecule has 0 heterocycles. The summed E-state index contributed by atoms with van der Waals surface area (Å²) in [4.78, 5) is 44.7. The molecular formula is C35H41N7O4. The van der Waals surface area contributed by atoms with Crippen molar-refractivity contribution in [3.63, 3.8) is 0 Å². The van der Waals surface area contributed by atoms with Crippen LogP contribution in [0.3, 0.4) is 0 Å². The molecule has 0 spiro atoms. The van der Waals surface area contributed by atoms with Gasteiger partial charge in [-0.25, -0.2) is 0 Å². The van der Waals surface area contributed by atoms with Gasteiger partial charge in [-0.15, -0.1) is 0 Å². The van der Waals surface area contributed by atoms with Gasteiger partial charge >= 0.3 is 0 Å². The van der Waals surface area contributed by atoms with Crippen molar-refractivity contribution in [3.8, 4) is 5.75 Å². The van der Waals surface area contributed by atoms with E-state index in [1.54, 1.807) is 13.2 Å². The molecule has 0 saturated carbocycles. The molecule has 4 aromatic rings. The maximum absolute atomic E-state index is 13.8. The Morgan fingerprint density at radius 3 is 2.02 bits per heavy atom. The maximum atomic E-state index is 13.8. The fourth-order valence-electron chi connectivity index (χ4n) is 5.09. The lowest BCUT2D eigenvalue weighted by atomic mass is 10.0. The standard InChI is InChI=1S/C35H41N7O4/c1-46-31-22-26(21-25-15-8-9-16-27(25)31)40-33(44)29(17-10-18-39-35(37)38)41-34(45)30(20-24-13-6-3-7-14-24)42-32(43)28(36)19-23-11-4-2-5-12-23/h2-9,11-16,21-22,28-30H,10,17-20,36H2,1H3,(H,40,44)(H,41,45)(H,42,43)(H4,37,38,39). The van der Waals surface area contributed by atoms with E-state index in [-0.39, 0.29) is 25.3 Å². The molecule has 46 heavy (non-hydrogen) atoms. The van der Waals surface area contributed by atoms with Gasteiger partial charge in [-0.05, 0) is 41.8 Å². The number of anilines is 1. The highest BCUT2D eigenvalue weighted by Crippen LogP contribution is 2.30. The molecule has 0 aliphatic carbocycles. The average Bonchev–Trinajstić information content (AvgIpc) is 3.06. The van der Waals surface area contributed by atoms with Crippen LogP contribution in [-0.2, 0) is 27.2 Å². The number of guanidine groups is 1. The molecule has 11 nitrogen and oxygen atoms in total. The van der Waals surface area contributed by atoms with Crippen LogP contribution in [-0.4, -0.2) is 55.5 Å². The van der Waals surface area contributed by atoms with Crippen LogP contribution in [0.5, 0.6) is 5.75 Å². The molecule has 0 fully saturated rings. The molecule has 3 atom stereocenters. The van der Waals surface area contributed by atoms with Gasteiger partial charge in [-0.1, -0.05) is 84.9 Å². The molecule has 0 bridgehead atoms. The van der Waals surface area contributed by atoms with Crippen LogP contribution in [0.25, 0.3) is 10.8 Å². The summed E-state index contributed by atoms with van der Waals surface area (Å²) < 4.78 is 5.55. The van der Waals surface area contributed by atoms with Crippen LogP contribution < -0.4 is 37.9 Å². The Hall–Kier alpha value is -5.42. The molecule has 4 rings (SSSR count). The molecular weight excluding hydrogens is 582 g/mol. The van der Waals surface area contributed by atoms with Crippen molar-refractivity contribution in [2.45, 2.75) is 43.8 Å². The highest BCUT2D eigenvalue weighted by atomic mass is 16.5. The molecule has 240 valence electrons. The number of ether oxygens (including phenoxy) is 1. The summed E-state index contributed by atoms with van der Waals surface area (Å²) in [5.74, 6) is -0.912. The number of carbonyl (C=O) groups excluding carboxylic acids is 3. The van der Waals surface area contributed by atoms with Gasteiger partial charge in [0.15, 0.2) is 5.96 Å². The van der Waals surface area contributed by atoms with Gasteiger partial charge < -0.3 is 37.9 Å². The lowest BCUT2D eigenvalue weighted by Gasteiger charge is -2.24. The van der Waals surface area contributed by atoms with E-state index >= 15 is 0 Å². The first kappa shape index (κ1) is 33.5. The number of benzene rings is 4. The minimum Gasteiger partial charge on any atom is -0.496 e. The van der Waals surface area contributed by atoms with E-state index in [0.717, 1.165) is 21.9 Å². The molecule has 0 aliphatic rings. The zero-order chi connectivity index (χ0) is 32.9. The molecule has 0 radical (unpaired) electrons. The fourth-order valence-corrected chi connectivity index (χ4v) is 5.09. The first-order valence-electron chi connectivity index (χ1n) is 15.1. The maximum Gasteiger partial charge on any atom is 0.246 e. The van der Waals surface area contributed by atoms with Crippen molar-refractivity contribution < 1.29 is 19.1 Å². The third kappa shape index (κ3) is 9.80. The van der Waals surface area contributed by atoms with E-state index in [1.807, 2.05) is 91.0 Å². The Balaban J connectivity index is 1.54. The quantitative estimate of drug-likeness (QED) is 0.0667. The average molecular weight is 624 g/mol. The third-order valence-electron chi connectivity index (χ3n) is 7.44. The Kier molecular flexibility index (Phi) is 12.1. The van der Waals surface area contributed by atoms with E-state index in [9.17, 15) is 14.4 Å². The Labute approximate surface area is 268 Å². The second-order valence-corrected chi connectivity index (χ2v) is 10.9. The predicted molar refractivity (Wildman–Crippen MR) is 181 cm³/mol. The van der Waals surface area contributed by atoms with Crippen LogP contribution in [0.1, 0.15) is 24.0 Å². The molecule has 0 saturated heterocycles. The Bertz CT molecular complexity index is 1640. The summed E-state index contributed by atoms with van der Waals surface area (Å²) in [7, 11) is 1.56. The number of hydrogen-bond donors (Lipinski definition) is 6. The minimum absolute atomic E-state index is 0.0641. The predicted octanol–water partition coefficient (Wildman–Crippen LogP) is 2.62. The number of methoxy groups -OCH3 is 1. The molecule has 0 aliphatic heterocycles. The number of nitrogens with two attached hydrogens (primary N) is 3. The number of nitrogens with one attached hydrogen (secondary N) is 3. The normalized spacial score (nSPS) is 12.7. The smallest absolute Gasteiger partial charge is 0.246 e. The van der Waals surface area contributed by atoms with E-state index < -0.39 is 35.8 Å². The Morgan fingerprint density at radius 2 is 1.37 bits per heavy atom. The fraction of sp³-hybridized carbons (Fsp3) is 0.257. The number of aliphatic imine (C=N–C) groups is 1. The van der Waals surface area contributed by atoms with E-state index in [1.165, 1.54) is 0 Å². The molecule has 0 aromatic heterocycles. The number of rotatable bonds is 15. The van der Waals surface area contributed by atoms with Crippen LogP contribution in [0.2, 0.25) is 0 Å². The van der Waals surface area contributed by atoms with Crippen molar-refractivity contribution in [2.75, 3.05) is 19.0 Å². The van der Waals surface area contributed by atoms with Crippen molar-refractivity contribution in [2.24, 2.45) is 22.2 Å². The van der Waals surface area contributed by atoms with Gasteiger partial charge in [0.1, 0.15) is 17.8 Å². The van der Waals surface area contributed by atoms with Gasteiger partial charge in [0, 0.05) is 30.1 Å². The Morgan fingerprint density at radius 1 is 0.761 bits per heavy atom. The highest BCUT2D eigenvalue weighted by Gasteiger charge is 2.28. The van der Waals surface area contributed by atoms with Gasteiger partial charge in [0.2, 0.25) is 17.7 Å². The number of nitrogens with zero attached hydrogens (tertiary/aromatic N) is 1. The van der Waals surface area contributed by atoms with E-state index in [4.69, 9.17) is 21.9 Å². The zero-order valence-corrected chi connectivity index (χ0v) is 25.8. The first-order chi connectivity index (χ1) is 22.2. The van der Waals surface area contributed by atoms with Crippen LogP contribution in [0, 0.1) is 0 Å². The third-order valence-corrected chi connectivity index (χ3v) is 7.44. The summed E-state index contributed by atoms with van der Waals surface area (Å²) in [6.45, 7) is 0.268. The van der Waals surface area contributed by atoms with Gasteiger partial charge in [-0.2, -0.15) is 0 Å². The summed E-state index contributed by atoms with van der Waals surface area (Å²) in [6, 6.07) is 27.1. The summed E-state index contributed by atoms with van der Waals surface area (Å²) >= 11 is 0. The monoisotopic (exact) mass is 623 g/mol. The van der Waals surface area contributed by atoms with Crippen LogP contribution in [0.4, 0.5) is 5.69 Å². The van der Waals surface area contributed by atoms with Gasteiger partial charge in [0.25, 0.3) is 0 Å². The SMILES string of the molecule is COc1cc(NC(=O)C(CCCN=C(N)N)NC(=O)C(Cc2ccccc2)NC(=O)C(N)Cc2ccccc2)cc2ccccc12. The molecule has 3 amide bonds. The number of carbonyl (C=O) groups is 3. The lowest BCUT2D eigenvalue weighted by molar-refractivity contribution is -0.131. The van der Waals surface area contributed by atoms with Crippen molar-refractivity contribution in [1.29, 1.82) is 0 Å². The molecule has 9 N–H and O–H groups in total. The molecule has 11 heteroatoms. The van der Waals surface area contributed by atoms with E-state index in [2.05, 4.69) is 20.9 Å². The summed E-state index contributed by atoms with van der Waals surface area (Å²) in [5, 5.41) is 10.4. The van der Waals surface area contributed by atoms with E-state index in [0.29, 0.717) is 24.3 Å². The van der Waals surface area contributed by atoms with Gasteiger partial charge in [0.05, 0.1) is 13.2 Å². The molecule has 4 aromatic carbocycles. The number of amides is 3. The minimum atomic E-state index is -0.995. The largest absolute Gasteiger partial charge is 0.496 e. The highest BCUT2D eigenvalue weighted by molar-refractivity contribution is 6.01. The molecule has 3 unspecified atom stereocenters. The van der Waals surface area contributed by atoms with Gasteiger partial charge in [-0.3, -0.25) is 19.4 Å². The first-order valence-corrected chi connectivity index (χ1v) is 15.1. The lowest BCUT2D eigenvalue weighted by Crippen LogP contribution is -2.56. The van der Waals surface area contributed by atoms with Crippen molar-refractivity contribution >= 4 is 40.1 Å². The summed E-state index contributed by atoms with van der Waals surface area (Å²) in [5.41, 5.74) is 19.4. The van der Waals surface area contributed by atoms with Crippen LogP contribution in [0.15, 0.2) is 102 Å². The number of hydrogen-bond acceptors (Lipinski definition) is 6. The summed E-state index contributed by atoms with van der Waals surface area (Å²) in [6.07, 6.45) is 1.14. The van der Waals surface area contributed by atoms with Crippen molar-refractivity contribution in [1.82, 2.24) is 10.6 Å². The van der Waals surface area contributed by atoms with Crippen molar-refractivity contribution in [3.05, 3.63) is 108 Å². The second kappa shape index (κ2) is 16.6. The second-order valence-electron chi connectivity index (χ2n) is 10.9.